The van der Waals surface area contributed by atoms with E-state index in [2.05, 4.69) is 16.7 Å². The van der Waals surface area contributed by atoms with Crippen LogP contribution in [0.4, 0.5) is 5.69 Å². The lowest BCUT2D eigenvalue weighted by molar-refractivity contribution is -0.118. The van der Waals surface area contributed by atoms with Crippen molar-refractivity contribution in [3.05, 3.63) is 95.1 Å². The van der Waals surface area contributed by atoms with Crippen LogP contribution in [-0.2, 0) is 24.2 Å². The fourth-order valence-electron chi connectivity index (χ4n) is 3.80. The maximum atomic E-state index is 12.6. The minimum atomic E-state index is -0.305. The summed E-state index contributed by atoms with van der Waals surface area (Å²) in [4.78, 5) is 25.1. The summed E-state index contributed by atoms with van der Waals surface area (Å²) in [6.07, 6.45) is 4.59. The molecule has 5 nitrogen and oxygen atoms in total. The number of carbonyl (C=O) groups excluding carboxylic acids is 2. The zero-order valence-electron chi connectivity index (χ0n) is 17.4. The summed E-state index contributed by atoms with van der Waals surface area (Å²) in [6, 6.07) is 22.7. The molecule has 158 valence electrons. The number of hydrogen-bond acceptors (Lipinski definition) is 3. The molecule has 0 spiro atoms. The van der Waals surface area contributed by atoms with Gasteiger partial charge in [0.05, 0.1) is 11.3 Å². The van der Waals surface area contributed by atoms with Crippen LogP contribution in [0.3, 0.4) is 0 Å². The van der Waals surface area contributed by atoms with Crippen LogP contribution in [-0.4, -0.2) is 18.4 Å². The Bertz CT molecular complexity index is 1060. The van der Waals surface area contributed by atoms with E-state index in [4.69, 9.17) is 4.74 Å². The number of para-hydroxylation sites is 1. The first-order chi connectivity index (χ1) is 15.2. The molecule has 0 saturated heterocycles. The number of aryl methyl sites for hydroxylation is 2. The number of ether oxygens (including phenoxy) is 1. The molecule has 1 aliphatic rings. The second-order valence-electron chi connectivity index (χ2n) is 7.69. The monoisotopic (exact) mass is 414 g/mol. The van der Waals surface area contributed by atoms with E-state index in [1.54, 1.807) is 24.3 Å². The molecule has 0 fully saturated rings. The number of carbonyl (C=O) groups is 2. The van der Waals surface area contributed by atoms with Crippen LogP contribution in [0.2, 0.25) is 0 Å². The Labute approximate surface area is 182 Å². The molecule has 0 saturated carbocycles. The van der Waals surface area contributed by atoms with Gasteiger partial charge >= 0.3 is 0 Å². The number of rotatable bonds is 7. The van der Waals surface area contributed by atoms with Gasteiger partial charge in [0.2, 0.25) is 0 Å². The Morgan fingerprint density at radius 1 is 0.839 bits per heavy atom. The van der Waals surface area contributed by atoms with Gasteiger partial charge in [0, 0.05) is 6.54 Å². The second kappa shape index (κ2) is 9.94. The van der Waals surface area contributed by atoms with Gasteiger partial charge in [-0.25, -0.2) is 0 Å². The van der Waals surface area contributed by atoms with Crippen molar-refractivity contribution in [1.82, 2.24) is 5.32 Å². The lowest BCUT2D eigenvalue weighted by Gasteiger charge is -2.17. The van der Waals surface area contributed by atoms with Crippen molar-refractivity contribution in [2.75, 3.05) is 11.9 Å². The molecule has 31 heavy (non-hydrogen) atoms. The van der Waals surface area contributed by atoms with Crippen molar-refractivity contribution in [3.63, 3.8) is 0 Å². The highest BCUT2D eigenvalue weighted by atomic mass is 16.5. The fourth-order valence-corrected chi connectivity index (χ4v) is 3.80. The van der Waals surface area contributed by atoms with E-state index in [1.165, 1.54) is 24.0 Å². The molecular formula is C26H26N2O3. The van der Waals surface area contributed by atoms with Crippen molar-refractivity contribution >= 4 is 17.5 Å². The maximum absolute atomic E-state index is 12.6. The second-order valence-corrected chi connectivity index (χ2v) is 7.69. The molecule has 2 amide bonds. The van der Waals surface area contributed by atoms with E-state index in [0.29, 0.717) is 23.5 Å². The van der Waals surface area contributed by atoms with Crippen LogP contribution in [0.1, 0.15) is 39.9 Å². The minimum absolute atomic E-state index is 0.112. The van der Waals surface area contributed by atoms with Crippen molar-refractivity contribution in [3.8, 4) is 5.75 Å². The van der Waals surface area contributed by atoms with Gasteiger partial charge in [0.25, 0.3) is 11.8 Å². The molecule has 0 bridgehead atoms. The third-order valence-electron chi connectivity index (χ3n) is 5.43. The smallest absolute Gasteiger partial charge is 0.262 e. The van der Waals surface area contributed by atoms with Crippen LogP contribution in [0, 0.1) is 0 Å². The molecule has 0 aromatic heterocycles. The molecule has 5 heteroatoms. The average molecular weight is 415 g/mol. The molecule has 3 aromatic rings. The SMILES string of the molecule is O=C(COc1ccc2c(c1)CCCC2)Nc1ccccc1C(=O)NCc1ccccc1. The van der Waals surface area contributed by atoms with Crippen molar-refractivity contribution in [2.24, 2.45) is 0 Å². The van der Waals surface area contributed by atoms with Crippen LogP contribution in [0.15, 0.2) is 72.8 Å². The third kappa shape index (κ3) is 5.51. The van der Waals surface area contributed by atoms with Gasteiger partial charge in [-0.1, -0.05) is 48.5 Å². The van der Waals surface area contributed by atoms with E-state index in [0.717, 1.165) is 18.4 Å². The summed E-state index contributed by atoms with van der Waals surface area (Å²) in [6.45, 7) is 0.308. The van der Waals surface area contributed by atoms with Gasteiger partial charge in [-0.15, -0.1) is 0 Å². The molecule has 0 atom stereocenters. The lowest BCUT2D eigenvalue weighted by Crippen LogP contribution is -2.26. The highest BCUT2D eigenvalue weighted by Crippen LogP contribution is 2.25. The molecule has 4 rings (SSSR count). The van der Waals surface area contributed by atoms with Crippen molar-refractivity contribution in [2.45, 2.75) is 32.2 Å². The van der Waals surface area contributed by atoms with E-state index in [-0.39, 0.29) is 18.4 Å². The normalized spacial score (nSPS) is 12.5. The third-order valence-corrected chi connectivity index (χ3v) is 5.43. The van der Waals surface area contributed by atoms with Gasteiger partial charge in [0.15, 0.2) is 6.61 Å². The fraction of sp³-hybridized carbons (Fsp3) is 0.231. The van der Waals surface area contributed by atoms with Crippen molar-refractivity contribution < 1.29 is 14.3 Å². The minimum Gasteiger partial charge on any atom is -0.484 e. The number of hydrogen-bond donors (Lipinski definition) is 2. The van der Waals surface area contributed by atoms with Crippen LogP contribution < -0.4 is 15.4 Å². The van der Waals surface area contributed by atoms with Crippen LogP contribution in [0.25, 0.3) is 0 Å². The predicted molar refractivity (Wildman–Crippen MR) is 121 cm³/mol. The van der Waals surface area contributed by atoms with Gasteiger partial charge in [-0.2, -0.15) is 0 Å². The molecule has 0 heterocycles. The summed E-state index contributed by atoms with van der Waals surface area (Å²) in [5.41, 5.74) is 4.58. The quantitative estimate of drug-likeness (QED) is 0.598. The Kier molecular flexibility index (Phi) is 6.62. The summed E-state index contributed by atoms with van der Waals surface area (Å²) >= 11 is 0. The van der Waals surface area contributed by atoms with Crippen LogP contribution in [0.5, 0.6) is 5.75 Å². The van der Waals surface area contributed by atoms with E-state index in [1.807, 2.05) is 42.5 Å². The van der Waals surface area contributed by atoms with E-state index < -0.39 is 0 Å². The number of fused-ring (bicyclic) bond motifs is 1. The highest BCUT2D eigenvalue weighted by Gasteiger charge is 2.14. The Balaban J connectivity index is 1.34. The predicted octanol–water partition coefficient (Wildman–Crippen LogP) is 4.51. The van der Waals surface area contributed by atoms with Crippen LogP contribution >= 0.6 is 0 Å². The first-order valence-corrected chi connectivity index (χ1v) is 10.6. The lowest BCUT2D eigenvalue weighted by atomic mass is 9.92. The molecule has 0 radical (unpaired) electrons. The molecule has 0 aliphatic heterocycles. The Hall–Kier alpha value is -3.60. The zero-order chi connectivity index (χ0) is 21.5. The Morgan fingerprint density at radius 2 is 1.58 bits per heavy atom. The Morgan fingerprint density at radius 3 is 2.42 bits per heavy atom. The molecular weight excluding hydrogens is 388 g/mol. The first kappa shape index (κ1) is 20.7. The highest BCUT2D eigenvalue weighted by molar-refractivity contribution is 6.04. The molecule has 0 unspecified atom stereocenters. The topological polar surface area (TPSA) is 67.4 Å². The van der Waals surface area contributed by atoms with E-state index in [9.17, 15) is 9.59 Å². The van der Waals surface area contributed by atoms with Gasteiger partial charge in [-0.3, -0.25) is 9.59 Å². The summed E-state index contributed by atoms with van der Waals surface area (Å²) in [5.74, 6) is 0.154. The molecule has 3 aromatic carbocycles. The van der Waals surface area contributed by atoms with Gasteiger partial charge in [0.1, 0.15) is 5.75 Å². The zero-order valence-corrected chi connectivity index (χ0v) is 17.4. The number of amides is 2. The molecule has 2 N–H and O–H groups in total. The largest absolute Gasteiger partial charge is 0.484 e. The maximum Gasteiger partial charge on any atom is 0.262 e. The summed E-state index contributed by atoms with van der Waals surface area (Å²) in [5, 5.41) is 5.69. The van der Waals surface area contributed by atoms with Gasteiger partial charge < -0.3 is 15.4 Å². The number of nitrogens with one attached hydrogen (secondary N) is 2. The summed E-state index contributed by atoms with van der Waals surface area (Å²) < 4.78 is 5.70. The van der Waals surface area contributed by atoms with Crippen molar-refractivity contribution in [1.29, 1.82) is 0 Å². The summed E-state index contributed by atoms with van der Waals surface area (Å²) in [7, 11) is 0. The number of benzene rings is 3. The standard InChI is InChI=1S/C26H26N2O3/c29-25(18-31-22-15-14-20-10-4-5-11-21(20)16-22)28-24-13-7-6-12-23(24)26(30)27-17-19-8-2-1-3-9-19/h1-3,6-9,12-16H,4-5,10-11,17-18H2,(H,27,30)(H,28,29). The first-order valence-electron chi connectivity index (χ1n) is 10.6. The van der Waals surface area contributed by atoms with E-state index >= 15 is 0 Å². The number of anilines is 1. The molecule has 1 aliphatic carbocycles. The average Bonchev–Trinajstić information content (AvgIpc) is 2.82. The van der Waals surface area contributed by atoms with Gasteiger partial charge in [-0.05, 0) is 66.6 Å².